The molecule has 0 radical (unpaired) electrons. The van der Waals surface area contributed by atoms with Crippen LogP contribution in [-0.2, 0) is 8.85 Å². The van der Waals surface area contributed by atoms with Crippen molar-refractivity contribution >= 4 is 8.56 Å². The summed E-state index contributed by atoms with van der Waals surface area (Å²) in [6.07, 6.45) is 0.293. The van der Waals surface area contributed by atoms with Crippen molar-refractivity contribution in [3.8, 4) is 5.75 Å². The topological polar surface area (TPSA) is 27.7 Å². The molecule has 0 atom stereocenters. The van der Waals surface area contributed by atoms with Gasteiger partial charge in [-0.2, -0.15) is 8.78 Å². The van der Waals surface area contributed by atoms with Gasteiger partial charge in [0.2, 0.25) is 29.1 Å². The van der Waals surface area contributed by atoms with Gasteiger partial charge in [-0.1, -0.05) is 6.92 Å². The van der Waals surface area contributed by atoms with E-state index in [0.717, 1.165) is 0 Å². The Kier molecular flexibility index (Phi) is 6.76. The molecule has 0 saturated heterocycles. The van der Waals surface area contributed by atoms with Crippen LogP contribution in [0, 0.1) is 29.1 Å². The standard InChI is InChI=1S/C13H17F5O3Si/c1-4-22(19-2,20-3)7-5-6-21-13-11(17)9(15)8(14)10(16)12(13)18/h4-7H2,1-3H3. The summed E-state index contributed by atoms with van der Waals surface area (Å²) < 4.78 is 81.0. The molecule has 126 valence electrons. The first kappa shape index (κ1) is 18.9. The minimum Gasteiger partial charge on any atom is -0.487 e. The Balaban J connectivity index is 2.74. The second-order valence-corrected chi connectivity index (χ2v) is 8.37. The lowest BCUT2D eigenvalue weighted by atomic mass is 10.2. The zero-order valence-electron chi connectivity index (χ0n) is 12.4. The number of halogens is 5. The Labute approximate surface area is 126 Å². The molecular weight excluding hydrogens is 327 g/mol. The van der Waals surface area contributed by atoms with E-state index < -0.39 is 43.4 Å². The van der Waals surface area contributed by atoms with Gasteiger partial charge in [-0.15, -0.1) is 0 Å². The van der Waals surface area contributed by atoms with Crippen LogP contribution in [0.25, 0.3) is 0 Å². The predicted molar refractivity (Wildman–Crippen MR) is 71.4 cm³/mol. The second-order valence-electron chi connectivity index (χ2n) is 4.52. The molecule has 0 aliphatic carbocycles. The molecule has 3 nitrogen and oxygen atoms in total. The Morgan fingerprint density at radius 1 is 0.818 bits per heavy atom. The summed E-state index contributed by atoms with van der Waals surface area (Å²) in [4.78, 5) is 0. The molecule has 0 fully saturated rings. The molecule has 0 aromatic heterocycles. The highest BCUT2D eigenvalue weighted by atomic mass is 28.4. The van der Waals surface area contributed by atoms with Crippen LogP contribution in [0.1, 0.15) is 13.3 Å². The Morgan fingerprint density at radius 2 is 1.27 bits per heavy atom. The Hall–Kier alpha value is -1.19. The van der Waals surface area contributed by atoms with Crippen molar-refractivity contribution in [2.45, 2.75) is 25.4 Å². The molecule has 0 bridgehead atoms. The first-order valence-electron chi connectivity index (χ1n) is 6.58. The second kappa shape index (κ2) is 7.89. The maximum absolute atomic E-state index is 13.4. The van der Waals surface area contributed by atoms with Crippen molar-refractivity contribution in [1.82, 2.24) is 0 Å². The molecular formula is C13H17F5O3Si. The van der Waals surface area contributed by atoms with E-state index in [1.54, 1.807) is 0 Å². The highest BCUT2D eigenvalue weighted by molar-refractivity contribution is 6.67. The van der Waals surface area contributed by atoms with Crippen LogP contribution in [0.4, 0.5) is 22.0 Å². The van der Waals surface area contributed by atoms with Gasteiger partial charge in [0.15, 0.2) is 5.75 Å². The summed E-state index contributed by atoms with van der Waals surface area (Å²) in [5.74, 6) is -11.5. The molecule has 0 aliphatic heterocycles. The van der Waals surface area contributed by atoms with Gasteiger partial charge < -0.3 is 13.6 Å². The highest BCUT2D eigenvalue weighted by Gasteiger charge is 2.33. The van der Waals surface area contributed by atoms with Gasteiger partial charge in [0.25, 0.3) is 0 Å². The first-order valence-corrected chi connectivity index (χ1v) is 8.81. The summed E-state index contributed by atoms with van der Waals surface area (Å²) in [7, 11) is 0.619. The van der Waals surface area contributed by atoms with Gasteiger partial charge in [0, 0.05) is 14.2 Å². The zero-order chi connectivity index (χ0) is 16.9. The van der Waals surface area contributed by atoms with Crippen LogP contribution in [0.5, 0.6) is 5.75 Å². The number of benzene rings is 1. The average Bonchev–Trinajstić information content (AvgIpc) is 2.54. The summed E-state index contributed by atoms with van der Waals surface area (Å²) in [5, 5.41) is 0. The molecule has 0 saturated carbocycles. The fourth-order valence-electron chi connectivity index (χ4n) is 1.98. The zero-order valence-corrected chi connectivity index (χ0v) is 13.4. The molecule has 0 aliphatic rings. The summed E-state index contributed by atoms with van der Waals surface area (Å²) >= 11 is 0. The van der Waals surface area contributed by atoms with Crippen LogP contribution < -0.4 is 4.74 Å². The van der Waals surface area contributed by atoms with E-state index in [0.29, 0.717) is 18.5 Å². The lowest BCUT2D eigenvalue weighted by molar-refractivity contribution is 0.229. The molecule has 1 aromatic rings. The maximum Gasteiger partial charge on any atom is 0.337 e. The smallest absolute Gasteiger partial charge is 0.337 e. The van der Waals surface area contributed by atoms with E-state index in [9.17, 15) is 22.0 Å². The molecule has 0 unspecified atom stereocenters. The van der Waals surface area contributed by atoms with E-state index in [1.807, 2.05) is 6.92 Å². The molecule has 9 heteroatoms. The van der Waals surface area contributed by atoms with E-state index in [4.69, 9.17) is 13.6 Å². The normalized spacial score (nSPS) is 11.8. The van der Waals surface area contributed by atoms with Gasteiger partial charge >= 0.3 is 8.56 Å². The minimum absolute atomic E-state index is 0.222. The van der Waals surface area contributed by atoms with Gasteiger partial charge in [-0.3, -0.25) is 0 Å². The van der Waals surface area contributed by atoms with Crippen molar-refractivity contribution < 1.29 is 35.5 Å². The van der Waals surface area contributed by atoms with Crippen molar-refractivity contribution in [3.05, 3.63) is 29.1 Å². The number of ether oxygens (including phenoxy) is 1. The van der Waals surface area contributed by atoms with Gasteiger partial charge in [0.1, 0.15) is 0 Å². The predicted octanol–water partition coefficient (Wildman–Crippen LogP) is 3.91. The first-order chi connectivity index (χ1) is 10.3. The summed E-state index contributed by atoms with van der Waals surface area (Å²) in [6.45, 7) is 1.66. The van der Waals surface area contributed by atoms with Crippen molar-refractivity contribution in [2.75, 3.05) is 20.8 Å². The van der Waals surface area contributed by atoms with Crippen LogP contribution in [0.15, 0.2) is 0 Å². The number of rotatable bonds is 8. The van der Waals surface area contributed by atoms with E-state index >= 15 is 0 Å². The average molecular weight is 344 g/mol. The molecule has 1 aromatic carbocycles. The largest absolute Gasteiger partial charge is 0.487 e. The summed E-state index contributed by atoms with van der Waals surface area (Å²) in [6, 6.07) is 1.12. The fraction of sp³-hybridized carbons (Fsp3) is 0.538. The quantitative estimate of drug-likeness (QED) is 0.235. The molecule has 0 N–H and O–H groups in total. The molecule has 0 heterocycles. The third-order valence-electron chi connectivity index (χ3n) is 3.40. The van der Waals surface area contributed by atoms with Crippen molar-refractivity contribution in [1.29, 1.82) is 0 Å². The highest BCUT2D eigenvalue weighted by Crippen LogP contribution is 2.29. The van der Waals surface area contributed by atoms with Crippen LogP contribution in [0.3, 0.4) is 0 Å². The minimum atomic E-state index is -2.39. The van der Waals surface area contributed by atoms with Crippen molar-refractivity contribution in [2.24, 2.45) is 0 Å². The SMILES string of the molecule is CC[Si](CCCOc1c(F)c(F)c(F)c(F)c1F)(OC)OC. The van der Waals surface area contributed by atoms with Crippen LogP contribution in [0.2, 0.25) is 12.1 Å². The molecule has 0 spiro atoms. The van der Waals surface area contributed by atoms with Gasteiger partial charge in [0.05, 0.1) is 6.61 Å². The fourth-order valence-corrected chi connectivity index (χ4v) is 4.17. The lowest BCUT2D eigenvalue weighted by Gasteiger charge is -2.25. The molecule has 0 amide bonds. The monoisotopic (exact) mass is 344 g/mol. The van der Waals surface area contributed by atoms with Crippen molar-refractivity contribution in [3.63, 3.8) is 0 Å². The molecule has 1 rings (SSSR count). The van der Waals surface area contributed by atoms with Crippen LogP contribution >= 0.6 is 0 Å². The maximum atomic E-state index is 13.4. The van der Waals surface area contributed by atoms with Gasteiger partial charge in [-0.25, -0.2) is 13.2 Å². The lowest BCUT2D eigenvalue weighted by Crippen LogP contribution is -2.39. The Morgan fingerprint density at radius 3 is 1.68 bits per heavy atom. The van der Waals surface area contributed by atoms with E-state index in [-0.39, 0.29) is 6.61 Å². The number of hydrogen-bond acceptors (Lipinski definition) is 3. The van der Waals surface area contributed by atoms with Gasteiger partial charge in [-0.05, 0) is 18.5 Å². The van der Waals surface area contributed by atoms with Crippen LogP contribution in [-0.4, -0.2) is 29.4 Å². The molecule has 22 heavy (non-hydrogen) atoms. The van der Waals surface area contributed by atoms with E-state index in [1.165, 1.54) is 14.2 Å². The summed E-state index contributed by atoms with van der Waals surface area (Å²) in [5.41, 5.74) is 0. The van der Waals surface area contributed by atoms with E-state index in [2.05, 4.69) is 0 Å². The number of hydrogen-bond donors (Lipinski definition) is 0. The third-order valence-corrected chi connectivity index (χ3v) is 7.08. The Bertz CT molecular complexity index is 486. The third kappa shape index (κ3) is 3.76.